The number of halogens is 1. The third-order valence-electron chi connectivity index (χ3n) is 5.31. The second-order valence-corrected chi connectivity index (χ2v) is 7.87. The largest absolute Gasteiger partial charge is 0.382 e. The van der Waals surface area contributed by atoms with E-state index in [9.17, 15) is 4.79 Å². The molecule has 162 valence electrons. The Bertz CT molecular complexity index is 1330. The Labute approximate surface area is 188 Å². The van der Waals surface area contributed by atoms with E-state index in [1.165, 1.54) is 0 Å². The first kappa shape index (κ1) is 20.3. The number of amides is 1. The Morgan fingerprint density at radius 1 is 1.16 bits per heavy atom. The van der Waals surface area contributed by atoms with Gasteiger partial charge in [0.15, 0.2) is 11.5 Å². The third-order valence-corrected chi connectivity index (χ3v) is 5.60. The first-order chi connectivity index (χ1) is 15.5. The highest BCUT2D eigenvalue weighted by atomic mass is 35.5. The molecule has 0 spiro atoms. The van der Waals surface area contributed by atoms with E-state index in [0.717, 1.165) is 5.39 Å². The van der Waals surface area contributed by atoms with Gasteiger partial charge < -0.3 is 15.4 Å². The molecular weight excluding hydrogens is 430 g/mol. The molecule has 0 aliphatic carbocycles. The van der Waals surface area contributed by atoms with Crippen molar-refractivity contribution in [2.24, 2.45) is 7.05 Å². The van der Waals surface area contributed by atoms with Crippen molar-refractivity contribution >= 4 is 34.2 Å². The van der Waals surface area contributed by atoms with Crippen LogP contribution in [-0.4, -0.2) is 61.8 Å². The molecule has 2 N–H and O–H groups in total. The van der Waals surface area contributed by atoms with Crippen molar-refractivity contribution in [3.05, 3.63) is 53.4 Å². The lowest BCUT2D eigenvalue weighted by Crippen LogP contribution is -2.41. The normalized spacial score (nSPS) is 14.1. The number of nitrogens with zero attached hydrogens (tertiary/aromatic N) is 6. The van der Waals surface area contributed by atoms with Crippen molar-refractivity contribution in [2.45, 2.75) is 0 Å². The molecule has 9 nitrogen and oxygen atoms in total. The number of morpholine rings is 1. The fourth-order valence-electron chi connectivity index (χ4n) is 3.73. The highest BCUT2D eigenvalue weighted by Crippen LogP contribution is 2.34. The number of ether oxygens (including phenoxy) is 1. The van der Waals surface area contributed by atoms with Crippen LogP contribution in [0.4, 0.5) is 5.82 Å². The van der Waals surface area contributed by atoms with Gasteiger partial charge in [-0.15, -0.1) is 0 Å². The van der Waals surface area contributed by atoms with Crippen LogP contribution in [0.1, 0.15) is 10.5 Å². The predicted molar refractivity (Wildman–Crippen MR) is 121 cm³/mol. The molecule has 4 aromatic rings. The minimum Gasteiger partial charge on any atom is -0.382 e. The van der Waals surface area contributed by atoms with Gasteiger partial charge in [-0.3, -0.25) is 14.5 Å². The SMILES string of the molecule is Cn1ccc(-c2nc(N)c(C(=O)N3CCOCC3)nc2-c2cc(Cl)c3ncccc3c2)n1. The molecule has 1 aromatic carbocycles. The molecule has 1 amide bonds. The zero-order chi connectivity index (χ0) is 22.2. The Balaban J connectivity index is 1.71. The molecule has 4 heterocycles. The fraction of sp³-hybridized carbons (Fsp3) is 0.227. The van der Waals surface area contributed by atoms with Crippen molar-refractivity contribution in [2.75, 3.05) is 32.0 Å². The van der Waals surface area contributed by atoms with Gasteiger partial charge in [-0.05, 0) is 24.3 Å². The zero-order valence-corrected chi connectivity index (χ0v) is 18.1. The van der Waals surface area contributed by atoms with Gasteiger partial charge in [0.2, 0.25) is 0 Å². The van der Waals surface area contributed by atoms with E-state index in [1.54, 1.807) is 28.0 Å². The van der Waals surface area contributed by atoms with Crippen molar-refractivity contribution in [1.82, 2.24) is 29.6 Å². The lowest BCUT2D eigenvalue weighted by molar-refractivity contribution is 0.0299. The Kier molecular flexibility index (Phi) is 5.20. The van der Waals surface area contributed by atoms with Crippen molar-refractivity contribution in [3.8, 4) is 22.6 Å². The van der Waals surface area contributed by atoms with E-state index >= 15 is 0 Å². The minimum absolute atomic E-state index is 0.0550. The van der Waals surface area contributed by atoms with Crippen molar-refractivity contribution in [1.29, 1.82) is 0 Å². The monoisotopic (exact) mass is 449 g/mol. The number of nitrogen functional groups attached to an aromatic ring is 1. The van der Waals surface area contributed by atoms with Crippen LogP contribution in [0.3, 0.4) is 0 Å². The summed E-state index contributed by atoms with van der Waals surface area (Å²) in [5.74, 6) is -0.222. The summed E-state index contributed by atoms with van der Waals surface area (Å²) in [4.78, 5) is 28.4. The summed E-state index contributed by atoms with van der Waals surface area (Å²) < 4.78 is 7.02. The lowest BCUT2D eigenvalue weighted by atomic mass is 10.0. The fourth-order valence-corrected chi connectivity index (χ4v) is 4.00. The average Bonchev–Trinajstić information content (AvgIpc) is 3.25. The molecule has 0 bridgehead atoms. The second-order valence-electron chi connectivity index (χ2n) is 7.47. The topological polar surface area (TPSA) is 112 Å². The number of hydrogen-bond donors (Lipinski definition) is 1. The molecule has 0 atom stereocenters. The second kappa shape index (κ2) is 8.18. The highest BCUT2D eigenvalue weighted by molar-refractivity contribution is 6.35. The molecule has 0 unspecified atom stereocenters. The molecule has 5 rings (SSSR count). The van der Waals surface area contributed by atoms with Crippen LogP contribution in [0.15, 0.2) is 42.7 Å². The van der Waals surface area contributed by atoms with Crippen LogP contribution in [0, 0.1) is 0 Å². The van der Waals surface area contributed by atoms with E-state index in [4.69, 9.17) is 27.1 Å². The van der Waals surface area contributed by atoms with Gasteiger partial charge in [-0.25, -0.2) is 9.97 Å². The van der Waals surface area contributed by atoms with E-state index in [2.05, 4.69) is 15.1 Å². The molecule has 1 saturated heterocycles. The van der Waals surface area contributed by atoms with Crippen LogP contribution < -0.4 is 5.73 Å². The summed E-state index contributed by atoms with van der Waals surface area (Å²) in [5, 5.41) is 5.78. The van der Waals surface area contributed by atoms with Gasteiger partial charge in [0.05, 0.1) is 29.4 Å². The molecule has 0 radical (unpaired) electrons. The van der Waals surface area contributed by atoms with E-state index in [0.29, 0.717) is 59.5 Å². The van der Waals surface area contributed by atoms with Gasteiger partial charge in [0.25, 0.3) is 5.91 Å². The first-order valence-electron chi connectivity index (χ1n) is 10.1. The number of pyridine rings is 1. The summed E-state index contributed by atoms with van der Waals surface area (Å²) in [6, 6.07) is 9.27. The van der Waals surface area contributed by atoms with Gasteiger partial charge in [-0.2, -0.15) is 5.10 Å². The number of aromatic nitrogens is 5. The number of fused-ring (bicyclic) bond motifs is 1. The molecule has 0 saturated carbocycles. The molecule has 10 heteroatoms. The van der Waals surface area contributed by atoms with Gasteiger partial charge >= 0.3 is 0 Å². The molecule has 1 aliphatic rings. The minimum atomic E-state index is -0.277. The van der Waals surface area contributed by atoms with Crippen molar-refractivity contribution in [3.63, 3.8) is 0 Å². The number of benzene rings is 1. The number of carbonyl (C=O) groups is 1. The van der Waals surface area contributed by atoms with Gasteiger partial charge in [0.1, 0.15) is 11.4 Å². The van der Waals surface area contributed by atoms with Crippen LogP contribution in [0.5, 0.6) is 0 Å². The molecule has 1 fully saturated rings. The quantitative estimate of drug-likeness (QED) is 0.511. The van der Waals surface area contributed by atoms with Crippen LogP contribution in [0.2, 0.25) is 5.02 Å². The number of aryl methyl sites for hydroxylation is 1. The lowest BCUT2D eigenvalue weighted by Gasteiger charge is -2.27. The summed E-state index contributed by atoms with van der Waals surface area (Å²) in [6.07, 6.45) is 3.50. The number of hydrogen-bond acceptors (Lipinski definition) is 7. The van der Waals surface area contributed by atoms with E-state index in [-0.39, 0.29) is 17.4 Å². The highest BCUT2D eigenvalue weighted by Gasteiger charge is 2.26. The average molecular weight is 450 g/mol. The van der Waals surface area contributed by atoms with Gasteiger partial charge in [0, 0.05) is 43.5 Å². The van der Waals surface area contributed by atoms with E-state index < -0.39 is 0 Å². The van der Waals surface area contributed by atoms with Gasteiger partial charge in [-0.1, -0.05) is 17.7 Å². The maximum atomic E-state index is 13.2. The Morgan fingerprint density at radius 3 is 2.72 bits per heavy atom. The summed E-state index contributed by atoms with van der Waals surface area (Å²) in [6.45, 7) is 1.91. The predicted octanol–water partition coefficient (Wildman–Crippen LogP) is 2.80. The number of carbonyl (C=O) groups excluding carboxylic acids is 1. The third kappa shape index (κ3) is 3.65. The smallest absolute Gasteiger partial charge is 0.276 e. The summed E-state index contributed by atoms with van der Waals surface area (Å²) in [5.41, 5.74) is 9.24. The number of rotatable bonds is 3. The maximum Gasteiger partial charge on any atom is 0.276 e. The first-order valence-corrected chi connectivity index (χ1v) is 10.5. The molecule has 3 aromatic heterocycles. The standard InChI is InChI=1S/C22H20ClN7O2/c1-29-6-4-16(28-29)19-18(14-11-13-3-2-5-25-17(13)15(23)12-14)26-20(21(24)27-19)22(31)30-7-9-32-10-8-30/h2-6,11-12H,7-10H2,1H3,(H2,24,27). The molecular formula is C22H20ClN7O2. The number of nitrogens with two attached hydrogens (primary N) is 1. The van der Waals surface area contributed by atoms with E-state index in [1.807, 2.05) is 31.3 Å². The van der Waals surface area contributed by atoms with Crippen LogP contribution in [0.25, 0.3) is 33.5 Å². The van der Waals surface area contributed by atoms with Crippen molar-refractivity contribution < 1.29 is 9.53 Å². The number of anilines is 1. The zero-order valence-electron chi connectivity index (χ0n) is 17.3. The summed E-state index contributed by atoms with van der Waals surface area (Å²) in [7, 11) is 1.81. The Morgan fingerprint density at radius 2 is 1.97 bits per heavy atom. The van der Waals surface area contributed by atoms with Crippen LogP contribution in [-0.2, 0) is 11.8 Å². The Hall–Kier alpha value is -3.56. The molecule has 1 aliphatic heterocycles. The van der Waals surface area contributed by atoms with Crippen LogP contribution >= 0.6 is 11.6 Å². The summed E-state index contributed by atoms with van der Waals surface area (Å²) >= 11 is 6.53. The maximum absolute atomic E-state index is 13.2. The molecule has 32 heavy (non-hydrogen) atoms.